The molecule has 2 heterocycles. The molecule has 19 heavy (non-hydrogen) atoms. The number of pyridine rings is 1. The minimum atomic E-state index is -1.06. The molecule has 2 amide bonds. The zero-order chi connectivity index (χ0) is 13.7. The number of amides is 2. The van der Waals surface area contributed by atoms with Gasteiger partial charge in [0.1, 0.15) is 0 Å². The average molecular weight is 265 g/mol. The maximum Gasteiger partial charge on any atom is 0.328 e. The number of carboxylic acid groups (broad SMARTS) is 1. The summed E-state index contributed by atoms with van der Waals surface area (Å²) in [5, 5.41) is 11.7. The number of hydrogen-bond acceptors (Lipinski definition) is 4. The fourth-order valence-corrected chi connectivity index (χ4v) is 1.82. The molecule has 0 aromatic carbocycles. The number of carbonyl (C=O) groups is 2. The number of morpholine rings is 1. The summed E-state index contributed by atoms with van der Waals surface area (Å²) < 4.78 is 5.07. The summed E-state index contributed by atoms with van der Waals surface area (Å²) in [5.74, 6) is -1.06. The van der Waals surface area contributed by atoms with Crippen LogP contribution in [0, 0.1) is 0 Å². The topological polar surface area (TPSA) is 91.8 Å². The standard InChI is InChI=1S/C12H15N3O4/c16-11(17)10-8-19-6-5-15(10)12(18)14-7-9-3-1-2-4-13-9/h1-4,10H,5-8H2,(H,14,18)(H,16,17). The van der Waals surface area contributed by atoms with Gasteiger partial charge in [0.05, 0.1) is 25.5 Å². The normalized spacial score (nSPS) is 18.9. The molecule has 102 valence electrons. The van der Waals surface area contributed by atoms with Crippen LogP contribution in [0.1, 0.15) is 5.69 Å². The molecule has 2 rings (SSSR count). The third-order valence-electron chi connectivity index (χ3n) is 2.82. The Labute approximate surface area is 110 Å². The molecular weight excluding hydrogens is 250 g/mol. The van der Waals surface area contributed by atoms with Gasteiger partial charge < -0.3 is 20.1 Å². The smallest absolute Gasteiger partial charge is 0.328 e. The van der Waals surface area contributed by atoms with Crippen molar-refractivity contribution in [1.29, 1.82) is 0 Å². The molecule has 0 aliphatic carbocycles. The Hall–Kier alpha value is -2.15. The highest BCUT2D eigenvalue weighted by Crippen LogP contribution is 2.07. The Morgan fingerprint density at radius 3 is 3.05 bits per heavy atom. The Morgan fingerprint density at radius 2 is 2.37 bits per heavy atom. The van der Waals surface area contributed by atoms with Crippen LogP contribution in [0.3, 0.4) is 0 Å². The highest BCUT2D eigenvalue weighted by atomic mass is 16.5. The van der Waals surface area contributed by atoms with Gasteiger partial charge in [-0.3, -0.25) is 4.98 Å². The molecule has 1 aliphatic rings. The summed E-state index contributed by atoms with van der Waals surface area (Å²) in [4.78, 5) is 28.3. The predicted molar refractivity (Wildman–Crippen MR) is 65.4 cm³/mol. The summed E-state index contributed by atoms with van der Waals surface area (Å²) in [7, 11) is 0. The summed E-state index contributed by atoms with van der Waals surface area (Å²) in [6.07, 6.45) is 1.64. The number of nitrogens with zero attached hydrogens (tertiary/aromatic N) is 2. The van der Waals surface area contributed by atoms with Crippen molar-refractivity contribution in [3.63, 3.8) is 0 Å². The summed E-state index contributed by atoms with van der Waals surface area (Å²) in [6.45, 7) is 0.904. The molecule has 1 aromatic rings. The monoisotopic (exact) mass is 265 g/mol. The lowest BCUT2D eigenvalue weighted by Gasteiger charge is -2.32. The number of aromatic nitrogens is 1. The maximum absolute atomic E-state index is 12.0. The van der Waals surface area contributed by atoms with E-state index in [-0.39, 0.29) is 19.7 Å². The third kappa shape index (κ3) is 3.41. The van der Waals surface area contributed by atoms with E-state index < -0.39 is 18.0 Å². The van der Waals surface area contributed by atoms with Gasteiger partial charge >= 0.3 is 12.0 Å². The SMILES string of the molecule is O=C(O)C1COCCN1C(=O)NCc1ccccn1. The highest BCUT2D eigenvalue weighted by Gasteiger charge is 2.32. The second-order valence-corrected chi connectivity index (χ2v) is 4.10. The van der Waals surface area contributed by atoms with Crippen molar-refractivity contribution in [2.24, 2.45) is 0 Å². The number of nitrogens with one attached hydrogen (secondary N) is 1. The van der Waals surface area contributed by atoms with Crippen LogP contribution >= 0.6 is 0 Å². The second kappa shape index (κ2) is 6.14. The molecule has 7 nitrogen and oxygen atoms in total. The van der Waals surface area contributed by atoms with E-state index in [2.05, 4.69) is 10.3 Å². The largest absolute Gasteiger partial charge is 0.480 e. The van der Waals surface area contributed by atoms with Crippen LogP contribution in [0.5, 0.6) is 0 Å². The molecule has 0 bridgehead atoms. The zero-order valence-electron chi connectivity index (χ0n) is 10.3. The van der Waals surface area contributed by atoms with E-state index in [9.17, 15) is 9.59 Å². The molecule has 1 atom stereocenters. The van der Waals surface area contributed by atoms with Gasteiger partial charge in [0.15, 0.2) is 6.04 Å². The minimum absolute atomic E-state index is 0.0202. The molecule has 1 unspecified atom stereocenters. The molecule has 7 heteroatoms. The van der Waals surface area contributed by atoms with Crippen molar-refractivity contribution in [2.75, 3.05) is 19.8 Å². The molecule has 1 saturated heterocycles. The van der Waals surface area contributed by atoms with E-state index in [0.717, 1.165) is 5.69 Å². The van der Waals surface area contributed by atoms with Crippen LogP contribution in [0.25, 0.3) is 0 Å². The Balaban J connectivity index is 1.93. The Morgan fingerprint density at radius 1 is 1.53 bits per heavy atom. The first-order valence-electron chi connectivity index (χ1n) is 5.93. The molecular formula is C12H15N3O4. The van der Waals surface area contributed by atoms with Gasteiger partial charge in [-0.1, -0.05) is 6.07 Å². The number of ether oxygens (including phenoxy) is 1. The van der Waals surface area contributed by atoms with Crippen LogP contribution < -0.4 is 5.32 Å². The summed E-state index contributed by atoms with van der Waals surface area (Å²) in [6, 6.07) is 4.05. The van der Waals surface area contributed by atoms with Crippen molar-refractivity contribution >= 4 is 12.0 Å². The average Bonchev–Trinajstić information content (AvgIpc) is 2.46. The van der Waals surface area contributed by atoms with Gasteiger partial charge in [-0.25, -0.2) is 9.59 Å². The number of aliphatic carboxylic acids is 1. The molecule has 1 fully saturated rings. The van der Waals surface area contributed by atoms with Gasteiger partial charge in [0.25, 0.3) is 0 Å². The van der Waals surface area contributed by atoms with Crippen molar-refractivity contribution in [3.8, 4) is 0 Å². The van der Waals surface area contributed by atoms with Crippen molar-refractivity contribution in [1.82, 2.24) is 15.2 Å². The number of rotatable bonds is 3. The molecule has 0 saturated carbocycles. The van der Waals surface area contributed by atoms with Crippen molar-refractivity contribution < 1.29 is 19.4 Å². The summed E-state index contributed by atoms with van der Waals surface area (Å²) >= 11 is 0. The lowest BCUT2D eigenvalue weighted by atomic mass is 10.2. The van der Waals surface area contributed by atoms with Crippen LogP contribution in [0.15, 0.2) is 24.4 Å². The lowest BCUT2D eigenvalue weighted by molar-refractivity contribution is -0.147. The van der Waals surface area contributed by atoms with Crippen LogP contribution in [0.2, 0.25) is 0 Å². The van der Waals surface area contributed by atoms with Crippen molar-refractivity contribution in [3.05, 3.63) is 30.1 Å². The Kier molecular flexibility index (Phi) is 4.30. The fraction of sp³-hybridized carbons (Fsp3) is 0.417. The van der Waals surface area contributed by atoms with Crippen LogP contribution in [-0.4, -0.2) is 52.8 Å². The third-order valence-corrected chi connectivity index (χ3v) is 2.82. The first-order valence-corrected chi connectivity index (χ1v) is 5.93. The highest BCUT2D eigenvalue weighted by molar-refractivity contribution is 5.82. The lowest BCUT2D eigenvalue weighted by Crippen LogP contribution is -2.55. The van der Waals surface area contributed by atoms with Gasteiger partial charge in [-0.15, -0.1) is 0 Å². The first kappa shape index (κ1) is 13.3. The zero-order valence-corrected chi connectivity index (χ0v) is 10.3. The van der Waals surface area contributed by atoms with Gasteiger partial charge in [0.2, 0.25) is 0 Å². The number of hydrogen-bond donors (Lipinski definition) is 2. The quantitative estimate of drug-likeness (QED) is 0.807. The summed E-state index contributed by atoms with van der Waals surface area (Å²) in [5.41, 5.74) is 0.719. The molecule has 1 aliphatic heterocycles. The van der Waals surface area contributed by atoms with E-state index in [0.29, 0.717) is 6.61 Å². The van der Waals surface area contributed by atoms with E-state index in [4.69, 9.17) is 9.84 Å². The van der Waals surface area contributed by atoms with Gasteiger partial charge in [0, 0.05) is 12.7 Å². The fourth-order valence-electron chi connectivity index (χ4n) is 1.82. The van der Waals surface area contributed by atoms with Crippen molar-refractivity contribution in [2.45, 2.75) is 12.6 Å². The maximum atomic E-state index is 12.0. The van der Waals surface area contributed by atoms with Crippen LogP contribution in [0.4, 0.5) is 4.79 Å². The van der Waals surface area contributed by atoms with E-state index >= 15 is 0 Å². The molecule has 0 radical (unpaired) electrons. The molecule has 0 spiro atoms. The second-order valence-electron chi connectivity index (χ2n) is 4.10. The first-order chi connectivity index (χ1) is 9.18. The molecule has 2 N–H and O–H groups in total. The minimum Gasteiger partial charge on any atom is -0.480 e. The molecule has 1 aromatic heterocycles. The predicted octanol–water partition coefficient (Wildman–Crippen LogP) is 0.0766. The number of carboxylic acids is 1. The number of carbonyl (C=O) groups excluding carboxylic acids is 1. The van der Waals surface area contributed by atoms with Crippen LogP contribution in [-0.2, 0) is 16.1 Å². The Bertz CT molecular complexity index is 452. The van der Waals surface area contributed by atoms with E-state index in [1.807, 2.05) is 6.07 Å². The van der Waals surface area contributed by atoms with E-state index in [1.54, 1.807) is 18.3 Å². The van der Waals surface area contributed by atoms with Gasteiger partial charge in [-0.05, 0) is 12.1 Å². The van der Waals surface area contributed by atoms with Gasteiger partial charge in [-0.2, -0.15) is 0 Å². The number of urea groups is 1. The van der Waals surface area contributed by atoms with E-state index in [1.165, 1.54) is 4.90 Å².